The van der Waals surface area contributed by atoms with E-state index in [9.17, 15) is 14.7 Å². The van der Waals surface area contributed by atoms with Crippen molar-refractivity contribution in [1.29, 1.82) is 0 Å². The Morgan fingerprint density at radius 3 is 2.70 bits per heavy atom. The number of hydrogen-bond acceptors (Lipinski definition) is 7. The Morgan fingerprint density at radius 2 is 2.15 bits per heavy atom. The largest absolute Gasteiger partial charge is 0.477 e. The number of amides is 1. The topological polar surface area (TPSA) is 120 Å². The first kappa shape index (κ1) is 20.7. The number of anilines is 1. The van der Waals surface area contributed by atoms with Crippen LogP contribution in [0, 0.1) is 14.3 Å². The molecule has 3 heterocycles. The van der Waals surface area contributed by atoms with Crippen LogP contribution in [0.1, 0.15) is 32.4 Å². The number of aromatic nitrogens is 3. The lowest BCUT2D eigenvalue weighted by Crippen LogP contribution is -2.55. The van der Waals surface area contributed by atoms with Crippen LogP contribution < -0.4 is 10.2 Å². The van der Waals surface area contributed by atoms with Crippen LogP contribution in [-0.4, -0.2) is 64.3 Å². The number of nitrogens with zero attached hydrogens (tertiary/aromatic N) is 3. The van der Waals surface area contributed by atoms with Crippen molar-refractivity contribution in [2.75, 3.05) is 25.1 Å². The van der Waals surface area contributed by atoms with Gasteiger partial charge in [-0.3, -0.25) is 4.79 Å². The van der Waals surface area contributed by atoms with Gasteiger partial charge in [-0.2, -0.15) is 0 Å². The molecule has 2 atom stereocenters. The molecule has 1 aliphatic rings. The van der Waals surface area contributed by atoms with E-state index in [1.165, 1.54) is 0 Å². The van der Waals surface area contributed by atoms with Crippen molar-refractivity contribution in [1.82, 2.24) is 20.3 Å². The van der Waals surface area contributed by atoms with E-state index in [1.54, 1.807) is 14.0 Å². The zero-order valence-electron chi connectivity index (χ0n) is 14.5. The molecule has 1 saturated heterocycles. The zero-order chi connectivity index (χ0) is 19.7. The Hall–Kier alpha value is -1.00. The number of carboxylic acid groups (broad SMARTS) is 1. The number of aromatic carboxylic acids is 1. The van der Waals surface area contributed by atoms with Crippen molar-refractivity contribution in [3.8, 4) is 0 Å². The fraction of sp³-hybridized carbons (Fsp3) is 0.467. The molecule has 146 valence electrons. The van der Waals surface area contributed by atoms with Gasteiger partial charge < -0.3 is 25.0 Å². The number of aryl methyl sites for hydroxylation is 1. The van der Waals surface area contributed by atoms with Gasteiger partial charge in [0.15, 0.2) is 11.0 Å². The number of hydrogen-bond donors (Lipinski definition) is 3. The number of halogens is 2. The number of H-pyrrole nitrogens is 1. The molecule has 1 amide bonds. The minimum Gasteiger partial charge on any atom is -0.477 e. The van der Waals surface area contributed by atoms with E-state index >= 15 is 0 Å². The number of nitrogens with one attached hydrogen (secondary N) is 2. The van der Waals surface area contributed by atoms with E-state index in [0.717, 1.165) is 18.7 Å². The monoisotopic (exact) mass is 617 g/mol. The number of thiazole rings is 1. The Labute approximate surface area is 186 Å². The fourth-order valence-corrected chi connectivity index (χ4v) is 4.58. The number of aromatic amines is 1. The summed E-state index contributed by atoms with van der Waals surface area (Å²) in [7, 11) is 1.60. The fourth-order valence-electron chi connectivity index (χ4n) is 2.89. The van der Waals surface area contributed by atoms with Gasteiger partial charge in [0.1, 0.15) is 12.3 Å². The van der Waals surface area contributed by atoms with Crippen molar-refractivity contribution < 1.29 is 19.4 Å². The minimum atomic E-state index is -0.968. The van der Waals surface area contributed by atoms with Crippen LogP contribution in [-0.2, 0) is 4.74 Å². The Kier molecular flexibility index (Phi) is 6.58. The van der Waals surface area contributed by atoms with E-state index in [4.69, 9.17) is 4.74 Å². The number of rotatable bonds is 5. The average molecular weight is 617 g/mol. The smallest absolute Gasteiger partial charge is 0.347 e. The van der Waals surface area contributed by atoms with E-state index in [1.807, 2.05) is 4.90 Å². The molecule has 0 bridgehead atoms. The summed E-state index contributed by atoms with van der Waals surface area (Å²) in [5.41, 5.74) is 0.508. The Morgan fingerprint density at radius 1 is 1.41 bits per heavy atom. The first-order valence-corrected chi connectivity index (χ1v) is 11.0. The third-order valence-corrected chi connectivity index (χ3v) is 8.06. The van der Waals surface area contributed by atoms with Gasteiger partial charge in [-0.15, -0.1) is 0 Å². The summed E-state index contributed by atoms with van der Waals surface area (Å²) >= 11 is 5.32. The number of imidazole rings is 1. The third kappa shape index (κ3) is 4.54. The predicted molar refractivity (Wildman–Crippen MR) is 117 cm³/mol. The van der Waals surface area contributed by atoms with Crippen molar-refractivity contribution in [3.63, 3.8) is 0 Å². The van der Waals surface area contributed by atoms with Crippen LogP contribution in [0.5, 0.6) is 0 Å². The van der Waals surface area contributed by atoms with Crippen molar-refractivity contribution >= 4 is 73.5 Å². The molecule has 1 aliphatic heterocycles. The second-order valence-corrected chi connectivity index (χ2v) is 9.07. The summed E-state index contributed by atoms with van der Waals surface area (Å²) in [6, 6.07) is -0.167. The van der Waals surface area contributed by atoms with Gasteiger partial charge in [-0.25, -0.2) is 14.8 Å². The first-order valence-electron chi connectivity index (χ1n) is 8.00. The van der Waals surface area contributed by atoms with Crippen molar-refractivity contribution in [2.45, 2.75) is 25.5 Å². The van der Waals surface area contributed by atoms with Gasteiger partial charge in [0.25, 0.3) is 5.91 Å². The predicted octanol–water partition coefficient (Wildman–Crippen LogP) is 2.11. The first-order chi connectivity index (χ1) is 12.8. The molecule has 3 N–H and O–H groups in total. The van der Waals surface area contributed by atoms with E-state index in [0.29, 0.717) is 30.3 Å². The molecule has 0 radical (unpaired) electrons. The lowest BCUT2D eigenvalue weighted by Gasteiger charge is -2.37. The second-order valence-electron chi connectivity index (χ2n) is 6.00. The van der Waals surface area contributed by atoms with Crippen LogP contribution in [0.2, 0.25) is 0 Å². The summed E-state index contributed by atoms with van der Waals surface area (Å²) in [4.78, 5) is 37.5. The van der Waals surface area contributed by atoms with Crippen molar-refractivity contribution in [2.24, 2.45) is 0 Å². The average Bonchev–Trinajstić information content (AvgIpc) is 3.18. The molecule has 9 nitrogen and oxygen atoms in total. The molecular formula is C15H17I2N5O4S. The maximum atomic E-state index is 12.5. The summed E-state index contributed by atoms with van der Waals surface area (Å²) < 4.78 is 7.15. The molecule has 0 aliphatic carbocycles. The van der Waals surface area contributed by atoms with E-state index in [-0.39, 0.29) is 28.8 Å². The molecule has 0 aromatic carbocycles. The van der Waals surface area contributed by atoms with Crippen LogP contribution in [0.3, 0.4) is 0 Å². The molecule has 2 aromatic rings. The molecule has 3 rings (SSSR count). The molecular weight excluding hydrogens is 600 g/mol. The third-order valence-electron chi connectivity index (χ3n) is 4.26. The van der Waals surface area contributed by atoms with E-state index in [2.05, 4.69) is 65.5 Å². The lowest BCUT2D eigenvalue weighted by molar-refractivity contribution is 0.0538. The number of piperidine rings is 1. The summed E-state index contributed by atoms with van der Waals surface area (Å²) in [6.45, 7) is 2.85. The van der Waals surface area contributed by atoms with Crippen LogP contribution >= 0.6 is 56.5 Å². The highest BCUT2D eigenvalue weighted by Gasteiger charge is 2.33. The second kappa shape index (κ2) is 8.57. The standard InChI is InChI=1S/C15H17I2N5O4S/c1-6-9(14(24)25)27-15(18-6)22-4-3-7(8(5-22)26-2)19-13(23)12-20-10(16)11(17)21-12/h7-8H,3-5H2,1-2H3,(H,19,23)(H,20,21)(H,24,25)/t7-,8+/m0/s1. The molecule has 1 fully saturated rings. The van der Waals surface area contributed by atoms with Crippen LogP contribution in [0.15, 0.2) is 0 Å². The van der Waals surface area contributed by atoms with Gasteiger partial charge in [0.05, 0.1) is 17.8 Å². The highest BCUT2D eigenvalue weighted by atomic mass is 127. The van der Waals surface area contributed by atoms with Crippen LogP contribution in [0.4, 0.5) is 5.13 Å². The molecule has 0 saturated carbocycles. The molecule has 0 unspecified atom stereocenters. The quantitative estimate of drug-likeness (QED) is 0.440. The Balaban J connectivity index is 1.68. The number of ether oxygens (including phenoxy) is 1. The maximum absolute atomic E-state index is 12.5. The SMILES string of the molecule is CO[C@@H]1CN(c2nc(C)c(C(=O)O)s2)CC[C@@H]1NC(=O)c1nc(I)c(I)[nH]1. The molecule has 0 spiro atoms. The summed E-state index contributed by atoms with van der Waals surface area (Å²) in [5, 5.41) is 12.9. The van der Waals surface area contributed by atoms with Crippen molar-refractivity contribution in [3.05, 3.63) is 23.8 Å². The summed E-state index contributed by atoms with van der Waals surface area (Å²) in [6.07, 6.45) is 0.411. The lowest BCUT2D eigenvalue weighted by atomic mass is 10.0. The summed E-state index contributed by atoms with van der Waals surface area (Å²) in [5.74, 6) is -0.957. The van der Waals surface area contributed by atoms with Gasteiger partial charge in [0.2, 0.25) is 0 Å². The molecule has 12 heteroatoms. The number of carbonyl (C=O) groups is 2. The number of carboxylic acids is 1. The number of carbonyl (C=O) groups excluding carboxylic acids is 1. The van der Waals surface area contributed by atoms with Crippen LogP contribution in [0.25, 0.3) is 0 Å². The maximum Gasteiger partial charge on any atom is 0.347 e. The van der Waals surface area contributed by atoms with Gasteiger partial charge in [-0.05, 0) is 58.5 Å². The Bertz CT molecular complexity index is 851. The zero-order valence-corrected chi connectivity index (χ0v) is 19.6. The molecule has 27 heavy (non-hydrogen) atoms. The normalized spacial score (nSPS) is 19.9. The van der Waals surface area contributed by atoms with E-state index < -0.39 is 5.97 Å². The highest BCUT2D eigenvalue weighted by Crippen LogP contribution is 2.29. The van der Waals surface area contributed by atoms with Gasteiger partial charge in [0, 0.05) is 20.2 Å². The molecule has 2 aromatic heterocycles. The van der Waals surface area contributed by atoms with Gasteiger partial charge >= 0.3 is 5.97 Å². The van der Waals surface area contributed by atoms with Gasteiger partial charge in [-0.1, -0.05) is 11.3 Å². The number of methoxy groups -OCH3 is 1. The highest BCUT2D eigenvalue weighted by molar-refractivity contribution is 14.1. The minimum absolute atomic E-state index is 0.167.